The fourth-order valence-corrected chi connectivity index (χ4v) is 2.33. The molecule has 0 aliphatic heterocycles. The topological polar surface area (TPSA) is 85.4 Å². The Kier molecular flexibility index (Phi) is 5.84. The quantitative estimate of drug-likeness (QED) is 0.693. The summed E-state index contributed by atoms with van der Waals surface area (Å²) in [6.45, 7) is 2.31. The molecule has 3 rings (SSSR count). The zero-order valence-electron chi connectivity index (χ0n) is 15.1. The van der Waals surface area contributed by atoms with Crippen molar-refractivity contribution >= 4 is 11.7 Å². The van der Waals surface area contributed by atoms with Crippen molar-refractivity contribution in [3.63, 3.8) is 0 Å². The van der Waals surface area contributed by atoms with Crippen LogP contribution in [0.5, 0.6) is 17.5 Å². The van der Waals surface area contributed by atoms with Gasteiger partial charge in [-0.15, -0.1) is 0 Å². The molecule has 2 aromatic heterocycles. The maximum absolute atomic E-state index is 12.1. The van der Waals surface area contributed by atoms with E-state index in [9.17, 15) is 4.79 Å². The summed E-state index contributed by atoms with van der Waals surface area (Å²) in [4.78, 5) is 20.3. The van der Waals surface area contributed by atoms with Gasteiger partial charge in [0.1, 0.15) is 5.75 Å². The van der Waals surface area contributed by atoms with E-state index in [1.165, 1.54) is 13.3 Å². The lowest BCUT2D eigenvalue weighted by Gasteiger charge is -2.10. The predicted molar refractivity (Wildman–Crippen MR) is 102 cm³/mol. The average Bonchev–Trinajstić information content (AvgIpc) is 2.70. The summed E-state index contributed by atoms with van der Waals surface area (Å²) in [6.07, 6.45) is 3.17. The largest absolute Gasteiger partial charge is 0.481 e. The first kappa shape index (κ1) is 18.2. The lowest BCUT2D eigenvalue weighted by Crippen LogP contribution is -2.28. The number of hydrogen-bond acceptors (Lipinski definition) is 5. The van der Waals surface area contributed by atoms with E-state index < -0.39 is 0 Å². The van der Waals surface area contributed by atoms with Crippen molar-refractivity contribution in [1.82, 2.24) is 15.3 Å². The smallest absolute Gasteiger partial charge is 0.319 e. The van der Waals surface area contributed by atoms with Gasteiger partial charge in [-0.2, -0.15) is 0 Å². The van der Waals surface area contributed by atoms with Crippen molar-refractivity contribution < 1.29 is 14.3 Å². The van der Waals surface area contributed by atoms with Gasteiger partial charge < -0.3 is 20.1 Å². The highest BCUT2D eigenvalue weighted by Crippen LogP contribution is 2.20. The van der Waals surface area contributed by atoms with E-state index in [0.717, 1.165) is 11.1 Å². The number of rotatable bonds is 6. The molecule has 0 fully saturated rings. The van der Waals surface area contributed by atoms with Crippen LogP contribution < -0.4 is 20.1 Å². The van der Waals surface area contributed by atoms with Crippen LogP contribution in [-0.4, -0.2) is 23.1 Å². The number of anilines is 1. The lowest BCUT2D eigenvalue weighted by molar-refractivity contribution is 0.251. The number of nitrogens with one attached hydrogen (secondary N) is 2. The second-order valence-corrected chi connectivity index (χ2v) is 5.78. The molecule has 0 atom stereocenters. The van der Waals surface area contributed by atoms with Crippen LogP contribution in [0, 0.1) is 6.92 Å². The van der Waals surface area contributed by atoms with Gasteiger partial charge in [0, 0.05) is 24.4 Å². The number of aromatic nitrogens is 2. The number of aryl methyl sites for hydroxylation is 1. The first-order valence-electron chi connectivity index (χ1n) is 8.37. The molecule has 2 N–H and O–H groups in total. The highest BCUT2D eigenvalue weighted by molar-refractivity contribution is 5.89. The zero-order chi connectivity index (χ0) is 19.1. The zero-order valence-corrected chi connectivity index (χ0v) is 15.1. The van der Waals surface area contributed by atoms with Crippen molar-refractivity contribution in [1.29, 1.82) is 0 Å². The Labute approximate surface area is 157 Å². The van der Waals surface area contributed by atoms with Crippen LogP contribution in [-0.2, 0) is 6.54 Å². The maximum atomic E-state index is 12.1. The van der Waals surface area contributed by atoms with E-state index in [-0.39, 0.29) is 6.03 Å². The molecule has 2 heterocycles. The van der Waals surface area contributed by atoms with E-state index >= 15 is 0 Å². The Morgan fingerprint density at radius 1 is 1.07 bits per heavy atom. The number of methoxy groups -OCH3 is 1. The summed E-state index contributed by atoms with van der Waals surface area (Å²) >= 11 is 0. The maximum Gasteiger partial charge on any atom is 0.319 e. The van der Waals surface area contributed by atoms with E-state index in [2.05, 4.69) is 20.6 Å². The number of pyridine rings is 2. The summed E-state index contributed by atoms with van der Waals surface area (Å²) < 4.78 is 10.8. The van der Waals surface area contributed by atoms with E-state index in [1.54, 1.807) is 24.4 Å². The minimum absolute atomic E-state index is 0.297. The summed E-state index contributed by atoms with van der Waals surface area (Å²) in [6, 6.07) is 14.4. The van der Waals surface area contributed by atoms with E-state index in [1.807, 2.05) is 37.3 Å². The number of hydrogen-bond donors (Lipinski definition) is 2. The lowest BCUT2D eigenvalue weighted by atomic mass is 10.2. The van der Waals surface area contributed by atoms with Crippen molar-refractivity contribution in [3.05, 3.63) is 72.1 Å². The van der Waals surface area contributed by atoms with Gasteiger partial charge in [0.25, 0.3) is 0 Å². The third-order valence-corrected chi connectivity index (χ3v) is 3.72. The van der Waals surface area contributed by atoms with Crippen molar-refractivity contribution in [2.24, 2.45) is 0 Å². The van der Waals surface area contributed by atoms with Crippen molar-refractivity contribution in [3.8, 4) is 17.5 Å². The third-order valence-electron chi connectivity index (χ3n) is 3.72. The summed E-state index contributed by atoms with van der Waals surface area (Å²) in [7, 11) is 1.54. The fourth-order valence-electron chi connectivity index (χ4n) is 2.33. The number of carbonyl (C=O) groups excluding carboxylic acids is 1. The molecule has 0 saturated heterocycles. The number of benzene rings is 1. The SMILES string of the molecule is COc1ncccc1CNC(=O)Nc1ccc(Oc2ccc(C)cc2)nc1. The first-order chi connectivity index (χ1) is 13.1. The van der Waals surface area contributed by atoms with Gasteiger partial charge in [-0.3, -0.25) is 0 Å². The standard InChI is InChI=1S/C20H20N4O3/c1-14-5-8-17(9-6-14)27-18-10-7-16(13-22-18)24-20(25)23-12-15-4-3-11-21-19(15)26-2/h3-11,13H,12H2,1-2H3,(H2,23,24,25). The number of nitrogens with zero attached hydrogens (tertiary/aromatic N) is 2. The number of amides is 2. The van der Waals surface area contributed by atoms with Crippen LogP contribution in [0.4, 0.5) is 10.5 Å². The van der Waals surface area contributed by atoms with Crippen molar-refractivity contribution in [2.45, 2.75) is 13.5 Å². The molecule has 0 unspecified atom stereocenters. The molecule has 0 saturated carbocycles. The molecule has 0 aliphatic carbocycles. The van der Waals surface area contributed by atoms with Gasteiger partial charge in [-0.25, -0.2) is 14.8 Å². The highest BCUT2D eigenvalue weighted by atomic mass is 16.5. The van der Waals surface area contributed by atoms with Gasteiger partial charge in [0.2, 0.25) is 11.8 Å². The van der Waals surface area contributed by atoms with Crippen LogP contribution in [0.3, 0.4) is 0 Å². The summed E-state index contributed by atoms with van der Waals surface area (Å²) in [5, 5.41) is 5.47. The molecular weight excluding hydrogens is 344 g/mol. The van der Waals surface area contributed by atoms with Crippen LogP contribution in [0.1, 0.15) is 11.1 Å². The third kappa shape index (κ3) is 5.18. The van der Waals surface area contributed by atoms with Crippen LogP contribution >= 0.6 is 0 Å². The highest BCUT2D eigenvalue weighted by Gasteiger charge is 2.07. The molecule has 0 radical (unpaired) electrons. The van der Waals surface area contributed by atoms with Crippen LogP contribution in [0.15, 0.2) is 60.9 Å². The van der Waals surface area contributed by atoms with E-state index in [4.69, 9.17) is 9.47 Å². The Bertz CT molecular complexity index is 896. The predicted octanol–water partition coefficient (Wildman–Crippen LogP) is 3.91. The molecule has 3 aromatic rings. The molecule has 0 aliphatic rings. The van der Waals surface area contributed by atoms with Gasteiger partial charge in [-0.05, 0) is 31.2 Å². The Morgan fingerprint density at radius 2 is 1.89 bits per heavy atom. The minimum Gasteiger partial charge on any atom is -0.481 e. The Balaban J connectivity index is 1.53. The number of carbonyl (C=O) groups is 1. The monoisotopic (exact) mass is 364 g/mol. The fraction of sp³-hybridized carbons (Fsp3) is 0.150. The van der Waals surface area contributed by atoms with Gasteiger partial charge in [-0.1, -0.05) is 23.8 Å². The first-order valence-corrected chi connectivity index (χ1v) is 8.37. The molecule has 7 nitrogen and oxygen atoms in total. The second-order valence-electron chi connectivity index (χ2n) is 5.78. The average molecular weight is 364 g/mol. The van der Waals surface area contributed by atoms with Gasteiger partial charge >= 0.3 is 6.03 Å². The van der Waals surface area contributed by atoms with Gasteiger partial charge in [0.15, 0.2) is 0 Å². The van der Waals surface area contributed by atoms with Gasteiger partial charge in [0.05, 0.1) is 19.0 Å². The second kappa shape index (κ2) is 8.66. The minimum atomic E-state index is -0.352. The normalized spacial score (nSPS) is 10.1. The molecule has 2 amide bonds. The van der Waals surface area contributed by atoms with E-state index in [0.29, 0.717) is 29.7 Å². The van der Waals surface area contributed by atoms with Crippen molar-refractivity contribution in [2.75, 3.05) is 12.4 Å². The Morgan fingerprint density at radius 3 is 2.59 bits per heavy atom. The molecular formula is C20H20N4O3. The Hall–Kier alpha value is -3.61. The molecule has 1 aromatic carbocycles. The number of ether oxygens (including phenoxy) is 2. The summed E-state index contributed by atoms with van der Waals surface area (Å²) in [5.41, 5.74) is 2.50. The molecule has 0 spiro atoms. The van der Waals surface area contributed by atoms with Crippen LogP contribution in [0.2, 0.25) is 0 Å². The van der Waals surface area contributed by atoms with Crippen LogP contribution in [0.25, 0.3) is 0 Å². The molecule has 7 heteroatoms. The molecule has 0 bridgehead atoms. The molecule has 138 valence electrons. The summed E-state index contributed by atoms with van der Waals surface area (Å²) in [5.74, 6) is 1.64. The number of urea groups is 1. The molecule has 27 heavy (non-hydrogen) atoms.